The molecule has 0 unspecified atom stereocenters. The fourth-order valence-corrected chi connectivity index (χ4v) is 3.04. The summed E-state index contributed by atoms with van der Waals surface area (Å²) in [5, 5.41) is 9.66. The third-order valence-electron chi connectivity index (χ3n) is 4.98. The van der Waals surface area contributed by atoms with E-state index in [9.17, 15) is 33.9 Å². The summed E-state index contributed by atoms with van der Waals surface area (Å²) in [6.45, 7) is 8.83. The Morgan fingerprint density at radius 2 is 1.15 bits per heavy atom. The molecule has 0 amide bonds. The van der Waals surface area contributed by atoms with Crippen molar-refractivity contribution in [1.82, 2.24) is 0 Å². The van der Waals surface area contributed by atoms with E-state index < -0.39 is 29.8 Å². The number of carbonyl (C=O) groups excluding carboxylic acids is 5. The molecule has 2 aromatic rings. The second-order valence-electron chi connectivity index (χ2n) is 8.09. The number of ether oxygens (including phenoxy) is 5. The van der Waals surface area contributed by atoms with Crippen LogP contribution in [0, 0.1) is 0 Å². The number of hydrogen-bond acceptors (Lipinski definition) is 11. The van der Waals surface area contributed by atoms with Crippen molar-refractivity contribution in [2.45, 2.75) is 13.8 Å². The van der Waals surface area contributed by atoms with Crippen LogP contribution >= 0.6 is 0 Å². The van der Waals surface area contributed by atoms with Gasteiger partial charge in [0.25, 0.3) is 6.47 Å². The van der Waals surface area contributed by atoms with Gasteiger partial charge in [0, 0.05) is 11.1 Å². The molecular weight excluding hydrogens is 528 g/mol. The number of carbonyl (C=O) groups is 6. The van der Waals surface area contributed by atoms with Crippen LogP contribution in [0.4, 0.5) is 0 Å². The molecule has 0 aliphatic heterocycles. The highest BCUT2D eigenvalue weighted by Gasteiger charge is 2.21. The Morgan fingerprint density at radius 1 is 0.700 bits per heavy atom. The quantitative estimate of drug-likeness (QED) is 0.119. The van der Waals surface area contributed by atoms with Crippen LogP contribution in [0.5, 0.6) is 5.75 Å². The Hall–Kier alpha value is -5.26. The zero-order valence-corrected chi connectivity index (χ0v) is 21.7. The summed E-state index contributed by atoms with van der Waals surface area (Å²) in [6, 6.07) is 7.91. The van der Waals surface area contributed by atoms with Crippen LogP contribution in [0.2, 0.25) is 0 Å². The van der Waals surface area contributed by atoms with E-state index in [2.05, 4.69) is 13.2 Å². The molecule has 210 valence electrons. The lowest BCUT2D eigenvalue weighted by molar-refractivity contribution is -0.140. The van der Waals surface area contributed by atoms with Gasteiger partial charge in [-0.1, -0.05) is 25.3 Å². The molecular formula is C28H26O12. The molecule has 0 saturated heterocycles. The van der Waals surface area contributed by atoms with Crippen molar-refractivity contribution >= 4 is 36.3 Å². The molecule has 0 aromatic heterocycles. The highest BCUT2D eigenvalue weighted by atomic mass is 16.6. The van der Waals surface area contributed by atoms with E-state index in [1.807, 2.05) is 0 Å². The molecule has 2 aromatic carbocycles. The van der Waals surface area contributed by atoms with E-state index in [4.69, 9.17) is 23.7 Å². The van der Waals surface area contributed by atoms with Crippen molar-refractivity contribution in [2.24, 2.45) is 0 Å². The van der Waals surface area contributed by atoms with Gasteiger partial charge in [-0.3, -0.25) is 4.79 Å². The lowest BCUT2D eigenvalue weighted by atomic mass is 9.98. The molecule has 2 rings (SSSR count). The van der Waals surface area contributed by atoms with Crippen LogP contribution in [0.15, 0.2) is 60.7 Å². The largest absolute Gasteiger partial charge is 0.478 e. The molecule has 0 aliphatic carbocycles. The molecule has 0 spiro atoms. The fraction of sp³-hybridized carbons (Fsp3) is 0.214. The molecule has 0 saturated carbocycles. The second kappa shape index (κ2) is 14.6. The first-order valence-corrected chi connectivity index (χ1v) is 11.6. The van der Waals surface area contributed by atoms with Crippen LogP contribution in [-0.4, -0.2) is 67.9 Å². The zero-order valence-electron chi connectivity index (χ0n) is 21.7. The fourth-order valence-electron chi connectivity index (χ4n) is 3.04. The number of hydrogen-bond donors (Lipinski definition) is 1. The zero-order chi connectivity index (χ0) is 29.8. The average Bonchev–Trinajstić information content (AvgIpc) is 2.92. The maximum absolute atomic E-state index is 12.5. The van der Waals surface area contributed by atoms with Crippen LogP contribution in [0.3, 0.4) is 0 Å². The van der Waals surface area contributed by atoms with Gasteiger partial charge < -0.3 is 28.8 Å². The number of aromatic carboxylic acids is 1. The molecule has 1 N–H and O–H groups in total. The molecule has 0 bridgehead atoms. The third kappa shape index (κ3) is 8.65. The van der Waals surface area contributed by atoms with E-state index in [-0.39, 0.29) is 66.5 Å². The maximum Gasteiger partial charge on any atom is 0.342 e. The Balaban J connectivity index is 2.20. The van der Waals surface area contributed by atoms with E-state index in [1.54, 1.807) is 0 Å². The number of benzene rings is 2. The molecule has 0 atom stereocenters. The molecule has 0 heterocycles. The summed E-state index contributed by atoms with van der Waals surface area (Å²) in [5.74, 6) is -4.72. The lowest BCUT2D eigenvalue weighted by Crippen LogP contribution is -2.16. The number of carboxylic acid groups (broad SMARTS) is 1. The van der Waals surface area contributed by atoms with Gasteiger partial charge >= 0.3 is 29.8 Å². The van der Waals surface area contributed by atoms with Gasteiger partial charge in [-0.25, -0.2) is 24.0 Å². The standard InChI is InChI=1S/C28H26O12/c1-16(2)25(32)36-9-11-38-27(34)20-7-5-18(13-22(20)24(30)31)19-6-8-21(23(14-19)40-15-29)28(35)39-12-10-37-26(33)17(3)4/h5-8,13-15H,1,3,9-12H2,2,4H3,(H,30,31). The second-order valence-corrected chi connectivity index (χ2v) is 8.09. The van der Waals surface area contributed by atoms with Crippen LogP contribution in [0.25, 0.3) is 11.1 Å². The predicted octanol–water partition coefficient (Wildman–Crippen LogP) is 3.14. The van der Waals surface area contributed by atoms with Crippen molar-refractivity contribution in [3.05, 3.63) is 77.4 Å². The minimum absolute atomic E-state index is 0.0972. The van der Waals surface area contributed by atoms with E-state index >= 15 is 0 Å². The summed E-state index contributed by atoms with van der Waals surface area (Å²) in [5.41, 5.74) is 0.258. The van der Waals surface area contributed by atoms with Gasteiger partial charge in [-0.2, -0.15) is 0 Å². The highest BCUT2D eigenvalue weighted by Crippen LogP contribution is 2.29. The first kappa shape index (κ1) is 31.0. The summed E-state index contributed by atoms with van der Waals surface area (Å²) < 4.78 is 24.6. The molecule has 0 fully saturated rings. The van der Waals surface area contributed by atoms with Gasteiger partial charge in [0.1, 0.15) is 37.7 Å². The van der Waals surface area contributed by atoms with Crippen LogP contribution in [0.1, 0.15) is 44.9 Å². The van der Waals surface area contributed by atoms with E-state index in [1.165, 1.54) is 50.2 Å². The SMILES string of the molecule is C=C(C)C(=O)OCCOC(=O)c1ccc(-c2ccc(C(=O)OCCOC(=O)C(=C)C)c(C(=O)O)c2)cc1OC=O. The first-order valence-electron chi connectivity index (χ1n) is 11.6. The summed E-state index contributed by atoms with van der Waals surface area (Å²) in [6.07, 6.45) is 0. The Labute approximate surface area is 228 Å². The van der Waals surface area contributed by atoms with Crippen LogP contribution in [-0.2, 0) is 33.3 Å². The highest BCUT2D eigenvalue weighted by molar-refractivity contribution is 6.03. The maximum atomic E-state index is 12.5. The van der Waals surface area contributed by atoms with Crippen molar-refractivity contribution in [1.29, 1.82) is 0 Å². The van der Waals surface area contributed by atoms with Crippen molar-refractivity contribution < 1.29 is 57.6 Å². The summed E-state index contributed by atoms with van der Waals surface area (Å²) in [4.78, 5) is 70.6. The minimum atomic E-state index is -1.42. The van der Waals surface area contributed by atoms with Crippen molar-refractivity contribution in [2.75, 3.05) is 26.4 Å². The van der Waals surface area contributed by atoms with Crippen LogP contribution < -0.4 is 4.74 Å². The number of carboxylic acids is 1. The normalized spacial score (nSPS) is 10.1. The first-order chi connectivity index (χ1) is 19.0. The van der Waals surface area contributed by atoms with E-state index in [0.29, 0.717) is 11.1 Å². The summed E-state index contributed by atoms with van der Waals surface area (Å²) >= 11 is 0. The average molecular weight is 555 g/mol. The molecule has 40 heavy (non-hydrogen) atoms. The van der Waals surface area contributed by atoms with Crippen molar-refractivity contribution in [3.8, 4) is 16.9 Å². The van der Waals surface area contributed by atoms with Gasteiger partial charge in [-0.05, 0) is 49.2 Å². The van der Waals surface area contributed by atoms with Gasteiger partial charge in [0.05, 0.1) is 11.1 Å². The number of esters is 4. The third-order valence-corrected chi connectivity index (χ3v) is 4.98. The Morgan fingerprint density at radius 3 is 1.62 bits per heavy atom. The molecule has 0 aliphatic rings. The Bertz CT molecular complexity index is 1360. The van der Waals surface area contributed by atoms with Gasteiger partial charge in [0.2, 0.25) is 0 Å². The van der Waals surface area contributed by atoms with Crippen molar-refractivity contribution in [3.63, 3.8) is 0 Å². The molecule has 12 heteroatoms. The van der Waals surface area contributed by atoms with Gasteiger partial charge in [-0.15, -0.1) is 0 Å². The Kier molecular flexibility index (Phi) is 11.3. The monoisotopic (exact) mass is 554 g/mol. The topological polar surface area (TPSA) is 169 Å². The van der Waals surface area contributed by atoms with E-state index in [0.717, 1.165) is 0 Å². The minimum Gasteiger partial charge on any atom is -0.478 e. The predicted molar refractivity (Wildman–Crippen MR) is 138 cm³/mol. The molecule has 0 radical (unpaired) electrons. The lowest BCUT2D eigenvalue weighted by Gasteiger charge is -2.12. The summed E-state index contributed by atoms with van der Waals surface area (Å²) in [7, 11) is 0. The van der Waals surface area contributed by atoms with Gasteiger partial charge in [0.15, 0.2) is 0 Å². The molecule has 12 nitrogen and oxygen atoms in total. The smallest absolute Gasteiger partial charge is 0.342 e. The number of rotatable bonds is 14.